The molecule has 3 nitrogen and oxygen atoms in total. The predicted molar refractivity (Wildman–Crippen MR) is 37.0 cm³/mol. The van der Waals surface area contributed by atoms with Crippen LogP contribution < -0.4 is 5.90 Å². The standard InChI is InChI=1S/C7H8FNO2/c8-6-3-5(4-11-9)1-2-7(6)10/h1-3,10H,4,9H2. The Morgan fingerprint density at radius 2 is 2.27 bits per heavy atom. The van der Waals surface area contributed by atoms with Crippen molar-refractivity contribution in [3.8, 4) is 5.75 Å². The van der Waals surface area contributed by atoms with E-state index in [1.165, 1.54) is 18.2 Å². The Morgan fingerprint density at radius 1 is 1.55 bits per heavy atom. The molecule has 0 saturated heterocycles. The molecule has 0 aliphatic carbocycles. The summed E-state index contributed by atoms with van der Waals surface area (Å²) >= 11 is 0. The summed E-state index contributed by atoms with van der Waals surface area (Å²) in [6.45, 7) is 0.136. The zero-order chi connectivity index (χ0) is 8.27. The number of phenols is 1. The van der Waals surface area contributed by atoms with Crippen LogP contribution in [0, 0.1) is 5.82 Å². The van der Waals surface area contributed by atoms with Crippen LogP contribution in [0.5, 0.6) is 5.75 Å². The molecule has 1 aromatic carbocycles. The minimum atomic E-state index is -0.667. The molecule has 0 aliphatic heterocycles. The molecular weight excluding hydrogens is 149 g/mol. The Hall–Kier alpha value is -1.13. The van der Waals surface area contributed by atoms with E-state index in [2.05, 4.69) is 4.84 Å². The summed E-state index contributed by atoms with van der Waals surface area (Å²) in [7, 11) is 0. The van der Waals surface area contributed by atoms with E-state index in [0.717, 1.165) is 0 Å². The molecule has 0 bridgehead atoms. The summed E-state index contributed by atoms with van der Waals surface area (Å²) < 4.78 is 12.6. The average molecular weight is 157 g/mol. The van der Waals surface area contributed by atoms with Crippen molar-refractivity contribution >= 4 is 0 Å². The molecule has 3 N–H and O–H groups in total. The molecule has 0 radical (unpaired) electrons. The summed E-state index contributed by atoms with van der Waals surface area (Å²) in [6, 6.07) is 3.96. The maximum atomic E-state index is 12.6. The SMILES string of the molecule is NOCc1ccc(O)c(F)c1. The number of benzene rings is 1. The molecule has 0 fully saturated rings. The van der Waals surface area contributed by atoms with Crippen LogP contribution in [0.2, 0.25) is 0 Å². The van der Waals surface area contributed by atoms with Crippen molar-refractivity contribution in [2.45, 2.75) is 6.61 Å². The smallest absolute Gasteiger partial charge is 0.165 e. The van der Waals surface area contributed by atoms with Gasteiger partial charge >= 0.3 is 0 Å². The van der Waals surface area contributed by atoms with Crippen molar-refractivity contribution in [2.24, 2.45) is 5.90 Å². The van der Waals surface area contributed by atoms with E-state index in [-0.39, 0.29) is 12.4 Å². The molecule has 0 atom stereocenters. The van der Waals surface area contributed by atoms with E-state index in [4.69, 9.17) is 11.0 Å². The topological polar surface area (TPSA) is 55.5 Å². The van der Waals surface area contributed by atoms with E-state index in [0.29, 0.717) is 5.56 Å². The van der Waals surface area contributed by atoms with Crippen molar-refractivity contribution in [3.05, 3.63) is 29.6 Å². The normalized spacial score (nSPS) is 10.0. The first-order valence-corrected chi connectivity index (χ1v) is 3.03. The monoisotopic (exact) mass is 157 g/mol. The Bertz CT molecular complexity index is 252. The van der Waals surface area contributed by atoms with Gasteiger partial charge in [0.2, 0.25) is 0 Å². The molecule has 0 amide bonds. The summed E-state index contributed by atoms with van der Waals surface area (Å²) in [6.07, 6.45) is 0. The highest BCUT2D eigenvalue weighted by atomic mass is 19.1. The quantitative estimate of drug-likeness (QED) is 0.627. The molecule has 0 spiro atoms. The third kappa shape index (κ3) is 1.89. The zero-order valence-electron chi connectivity index (χ0n) is 5.75. The van der Waals surface area contributed by atoms with Gasteiger partial charge in [-0.05, 0) is 17.7 Å². The lowest BCUT2D eigenvalue weighted by Gasteiger charge is -1.99. The molecular formula is C7H8FNO2. The molecule has 11 heavy (non-hydrogen) atoms. The molecule has 4 heteroatoms. The largest absolute Gasteiger partial charge is 0.505 e. The van der Waals surface area contributed by atoms with Gasteiger partial charge in [-0.2, -0.15) is 0 Å². The number of nitrogens with two attached hydrogens (primary N) is 1. The number of aromatic hydroxyl groups is 1. The third-order valence-corrected chi connectivity index (χ3v) is 1.26. The van der Waals surface area contributed by atoms with Crippen molar-refractivity contribution in [2.75, 3.05) is 0 Å². The lowest BCUT2D eigenvalue weighted by atomic mass is 10.2. The van der Waals surface area contributed by atoms with Gasteiger partial charge in [0.1, 0.15) is 0 Å². The summed E-state index contributed by atoms with van der Waals surface area (Å²) in [5.41, 5.74) is 0.586. The number of phenolic OH excluding ortho intramolecular Hbond substituents is 1. The van der Waals surface area contributed by atoms with Gasteiger partial charge in [-0.3, -0.25) is 4.84 Å². The van der Waals surface area contributed by atoms with Gasteiger partial charge in [-0.1, -0.05) is 6.07 Å². The summed E-state index contributed by atoms with van der Waals surface area (Å²) in [4.78, 5) is 4.27. The Balaban J connectivity index is 2.86. The number of rotatable bonds is 2. The van der Waals surface area contributed by atoms with E-state index in [1.54, 1.807) is 0 Å². The van der Waals surface area contributed by atoms with Crippen LogP contribution in [0.15, 0.2) is 18.2 Å². The fourth-order valence-electron chi connectivity index (χ4n) is 0.736. The van der Waals surface area contributed by atoms with Gasteiger partial charge in [-0.25, -0.2) is 10.3 Å². The van der Waals surface area contributed by atoms with Gasteiger partial charge in [0.15, 0.2) is 11.6 Å². The number of hydrogen-bond acceptors (Lipinski definition) is 3. The Kier molecular flexibility index (Phi) is 2.40. The van der Waals surface area contributed by atoms with Crippen LogP contribution in [0.1, 0.15) is 5.56 Å². The van der Waals surface area contributed by atoms with Crippen LogP contribution in [-0.4, -0.2) is 5.11 Å². The van der Waals surface area contributed by atoms with Crippen LogP contribution >= 0.6 is 0 Å². The molecule has 0 aromatic heterocycles. The highest BCUT2D eigenvalue weighted by molar-refractivity contribution is 5.27. The molecule has 1 rings (SSSR count). The van der Waals surface area contributed by atoms with E-state index < -0.39 is 5.82 Å². The van der Waals surface area contributed by atoms with E-state index in [9.17, 15) is 4.39 Å². The Morgan fingerprint density at radius 3 is 2.82 bits per heavy atom. The first-order valence-electron chi connectivity index (χ1n) is 3.03. The predicted octanol–water partition coefficient (Wildman–Crippen LogP) is 0.922. The fraction of sp³-hybridized carbons (Fsp3) is 0.143. The van der Waals surface area contributed by atoms with Crippen LogP contribution in [0.3, 0.4) is 0 Å². The second-order valence-corrected chi connectivity index (χ2v) is 2.10. The molecule has 0 aliphatic rings. The van der Waals surface area contributed by atoms with Crippen LogP contribution in [0.4, 0.5) is 4.39 Å². The second kappa shape index (κ2) is 3.32. The molecule has 0 heterocycles. The van der Waals surface area contributed by atoms with Gasteiger partial charge in [0.25, 0.3) is 0 Å². The maximum absolute atomic E-state index is 12.6. The second-order valence-electron chi connectivity index (χ2n) is 2.10. The third-order valence-electron chi connectivity index (χ3n) is 1.26. The van der Waals surface area contributed by atoms with Crippen molar-refractivity contribution in [3.63, 3.8) is 0 Å². The fourth-order valence-corrected chi connectivity index (χ4v) is 0.736. The average Bonchev–Trinajstić information content (AvgIpc) is 1.98. The first-order chi connectivity index (χ1) is 5.24. The van der Waals surface area contributed by atoms with Gasteiger partial charge in [-0.15, -0.1) is 0 Å². The van der Waals surface area contributed by atoms with E-state index >= 15 is 0 Å². The van der Waals surface area contributed by atoms with Gasteiger partial charge in [0.05, 0.1) is 6.61 Å². The summed E-state index contributed by atoms with van der Waals surface area (Å²) in [5, 5.41) is 8.76. The van der Waals surface area contributed by atoms with Crippen LogP contribution in [-0.2, 0) is 11.4 Å². The lowest BCUT2D eigenvalue weighted by Crippen LogP contribution is -1.98. The lowest BCUT2D eigenvalue weighted by molar-refractivity contribution is 0.124. The zero-order valence-corrected chi connectivity index (χ0v) is 5.75. The summed E-state index contributed by atoms with van der Waals surface area (Å²) in [5.74, 6) is 3.73. The van der Waals surface area contributed by atoms with Crippen molar-refractivity contribution < 1.29 is 14.3 Å². The highest BCUT2D eigenvalue weighted by Gasteiger charge is 2.00. The van der Waals surface area contributed by atoms with E-state index in [1.807, 2.05) is 0 Å². The van der Waals surface area contributed by atoms with Gasteiger partial charge in [0, 0.05) is 0 Å². The molecule has 1 aromatic rings. The van der Waals surface area contributed by atoms with Gasteiger partial charge < -0.3 is 5.11 Å². The maximum Gasteiger partial charge on any atom is 0.165 e. The minimum Gasteiger partial charge on any atom is -0.505 e. The number of halogens is 1. The van der Waals surface area contributed by atoms with Crippen LogP contribution in [0.25, 0.3) is 0 Å². The highest BCUT2D eigenvalue weighted by Crippen LogP contribution is 2.15. The molecule has 0 saturated carbocycles. The van der Waals surface area contributed by atoms with Crippen molar-refractivity contribution in [1.29, 1.82) is 0 Å². The molecule has 0 unspecified atom stereocenters. The van der Waals surface area contributed by atoms with Crippen molar-refractivity contribution in [1.82, 2.24) is 0 Å². The molecule has 60 valence electrons. The number of hydrogen-bond donors (Lipinski definition) is 2. The minimum absolute atomic E-state index is 0.136. The Labute approximate surface area is 63.2 Å². The first kappa shape index (κ1) is 7.97.